The molecule has 5 aliphatic rings. The second-order valence-corrected chi connectivity index (χ2v) is 10.7. The van der Waals surface area contributed by atoms with Gasteiger partial charge in [0.1, 0.15) is 22.3 Å². The molecule has 12 heteroatoms. The van der Waals surface area contributed by atoms with E-state index in [0.717, 1.165) is 0 Å². The van der Waals surface area contributed by atoms with Crippen molar-refractivity contribution in [2.45, 2.75) is 0 Å². The molecule has 0 saturated heterocycles. The maximum atomic E-state index is 13.3. The molecule has 0 radical (unpaired) electrons. The summed E-state index contributed by atoms with van der Waals surface area (Å²) in [6, 6.07) is 17.7. The van der Waals surface area contributed by atoms with Gasteiger partial charge >= 0.3 is 23.9 Å². The minimum atomic E-state index is -1.83. The van der Waals surface area contributed by atoms with Crippen molar-refractivity contribution in [2.75, 3.05) is 0 Å². The highest BCUT2D eigenvalue weighted by Crippen LogP contribution is 2.44. The summed E-state index contributed by atoms with van der Waals surface area (Å²) < 4.78 is 0. The Hall–Kier alpha value is -7.08. The van der Waals surface area contributed by atoms with E-state index < -0.39 is 57.6 Å². The van der Waals surface area contributed by atoms with Gasteiger partial charge in [0.05, 0.1) is 45.6 Å². The second-order valence-electron chi connectivity index (χ2n) is 10.7. The maximum absolute atomic E-state index is 13.3. The summed E-state index contributed by atoms with van der Waals surface area (Å²) in [5, 5.41) is 41.7. The molecule has 8 bridgehead atoms. The van der Waals surface area contributed by atoms with Crippen LogP contribution in [0.2, 0.25) is 0 Å². The van der Waals surface area contributed by atoms with Crippen LogP contribution in [0.5, 0.6) is 0 Å². The van der Waals surface area contributed by atoms with Gasteiger partial charge in [0.2, 0.25) is 0 Å². The van der Waals surface area contributed by atoms with Gasteiger partial charge in [-0.1, -0.05) is 60.7 Å². The quantitative estimate of drug-likeness (QED) is 0.356. The molecule has 0 amide bonds. The number of rotatable bonds is 6. The summed E-state index contributed by atoms with van der Waals surface area (Å²) in [6.07, 6.45) is 9.48. The number of carbonyl (C=O) groups is 4. The van der Waals surface area contributed by atoms with Crippen molar-refractivity contribution in [1.82, 2.24) is 0 Å². The molecule has 0 spiro atoms. The second kappa shape index (κ2) is 11.4. The number of fused-ring (bicyclic) bond motifs is 4. The zero-order valence-corrected chi connectivity index (χ0v) is 24.4. The Kier molecular flexibility index (Phi) is 7.02. The first-order valence-corrected chi connectivity index (χ1v) is 14.3. The van der Waals surface area contributed by atoms with Crippen molar-refractivity contribution in [1.29, 1.82) is 0 Å². The summed E-state index contributed by atoms with van der Waals surface area (Å²) in [5.74, 6) is -6.99. The van der Waals surface area contributed by atoms with Crippen molar-refractivity contribution in [2.24, 2.45) is 20.0 Å². The van der Waals surface area contributed by atoms with Gasteiger partial charge < -0.3 is 20.4 Å². The van der Waals surface area contributed by atoms with Crippen LogP contribution in [0, 0.1) is 0 Å². The molecule has 0 atom stereocenters. The van der Waals surface area contributed by atoms with Gasteiger partial charge in [-0.2, -0.15) is 0 Å². The summed E-state index contributed by atoms with van der Waals surface area (Å²) in [7, 11) is 0. The molecule has 0 fully saturated rings. The van der Waals surface area contributed by atoms with Gasteiger partial charge in [-0.25, -0.2) is 39.1 Å². The number of aliphatic carboxylic acids is 4. The van der Waals surface area contributed by atoms with E-state index in [1.54, 1.807) is 66.8 Å². The average Bonchev–Trinajstić information content (AvgIpc) is 3.85. The number of hydrogen-bond donors (Lipinski definition) is 4. The largest absolute Gasteiger partial charge is 0.478 e. The van der Waals surface area contributed by atoms with E-state index in [2.05, 4.69) is 15.0 Å². The Bertz CT molecular complexity index is 2310. The summed E-state index contributed by atoms with van der Waals surface area (Å²) in [5.41, 5.74) is -1.98. The van der Waals surface area contributed by atoms with E-state index >= 15 is 0 Å². The monoisotopic (exact) mass is 636 g/mol. The minimum absolute atomic E-state index is 0.210. The third-order valence-corrected chi connectivity index (χ3v) is 7.79. The van der Waals surface area contributed by atoms with Crippen molar-refractivity contribution in [3.63, 3.8) is 0 Å². The molecule has 0 saturated carbocycles. The van der Waals surface area contributed by atoms with Crippen LogP contribution < -0.4 is 0 Å². The van der Waals surface area contributed by atoms with Crippen LogP contribution in [0.4, 0.5) is 0 Å². The molecule has 232 valence electrons. The normalized spacial score (nSPS) is 18.1. The van der Waals surface area contributed by atoms with Gasteiger partial charge in [-0.3, -0.25) is 0 Å². The highest BCUT2D eigenvalue weighted by molar-refractivity contribution is 6.44. The van der Waals surface area contributed by atoms with Crippen molar-refractivity contribution >= 4 is 57.9 Å². The van der Waals surface area contributed by atoms with Crippen LogP contribution in [0.1, 0.15) is 11.1 Å². The summed E-state index contributed by atoms with van der Waals surface area (Å²) in [4.78, 5) is 69.4. The summed E-state index contributed by atoms with van der Waals surface area (Å²) in [6.45, 7) is 0. The van der Waals surface area contributed by atoms with Gasteiger partial charge in [0.15, 0.2) is 0 Å². The number of aliphatic imine (C=N–C) groups is 4. The number of benzene rings is 2. The van der Waals surface area contributed by atoms with Gasteiger partial charge in [-0.05, 0) is 47.6 Å². The standard InChI is InChI=1S/C36H20N4O8/c41-33(42)26-22-14-13-20(38-22)15-19-11-12-21(37-19)16-23-24(17-7-3-1-4-8-17)25(18-9-5-2-6-10-18)30(39-23)29(36(47)48)32-28(35(45)46)27(34(43)44)31(26)40-32/h1-16H,(H,41,42)(H,43,44)(H,45,46)(H,47,48). The number of hydrogen-bond acceptors (Lipinski definition) is 8. The number of carboxylic acid groups (broad SMARTS) is 4. The third-order valence-electron chi connectivity index (χ3n) is 7.79. The van der Waals surface area contributed by atoms with E-state index in [1.807, 2.05) is 18.2 Å². The molecule has 12 nitrogen and oxygen atoms in total. The van der Waals surface area contributed by atoms with Crippen molar-refractivity contribution < 1.29 is 39.6 Å². The third kappa shape index (κ3) is 4.90. The maximum Gasteiger partial charge on any atom is 0.340 e. The predicted octanol–water partition coefficient (Wildman–Crippen LogP) is 4.45. The Morgan fingerprint density at radius 2 is 1.02 bits per heavy atom. The van der Waals surface area contributed by atoms with Gasteiger partial charge in [0.25, 0.3) is 0 Å². The van der Waals surface area contributed by atoms with Crippen LogP contribution in [0.15, 0.2) is 162 Å². The highest BCUT2D eigenvalue weighted by Gasteiger charge is 2.43. The SMILES string of the molecule is O=C(O)C1=C2N=C(C(C(=O)O)=C3N=C(C=C4C=CC(=N4)C=C4C=CC1=N4)C(c1ccccc1)=C3c1ccccc1)C(C(=O)O)=C2C(=O)O. The zero-order chi connectivity index (χ0) is 33.7. The molecule has 5 heterocycles. The number of carboxylic acids is 4. The van der Waals surface area contributed by atoms with Crippen LogP contribution >= 0.6 is 0 Å². The lowest BCUT2D eigenvalue weighted by molar-refractivity contribution is -0.135. The van der Waals surface area contributed by atoms with Crippen LogP contribution in [-0.4, -0.2) is 67.2 Å². The van der Waals surface area contributed by atoms with E-state index in [1.165, 1.54) is 12.2 Å². The van der Waals surface area contributed by atoms with Crippen LogP contribution in [0.25, 0.3) is 11.1 Å². The van der Waals surface area contributed by atoms with E-state index in [-0.39, 0.29) is 17.1 Å². The van der Waals surface area contributed by atoms with Crippen molar-refractivity contribution in [3.8, 4) is 0 Å². The number of allylic oxidation sites excluding steroid dienone is 8. The Labute approximate surface area is 270 Å². The van der Waals surface area contributed by atoms with Gasteiger partial charge in [0, 0.05) is 11.1 Å². The lowest BCUT2D eigenvalue weighted by Crippen LogP contribution is -2.22. The molecular weight excluding hydrogens is 616 g/mol. The summed E-state index contributed by atoms with van der Waals surface area (Å²) >= 11 is 0. The zero-order valence-electron chi connectivity index (χ0n) is 24.4. The molecule has 2 aromatic rings. The van der Waals surface area contributed by atoms with Crippen molar-refractivity contribution in [3.05, 3.63) is 153 Å². The molecule has 5 aliphatic heterocycles. The molecule has 0 aliphatic carbocycles. The molecule has 48 heavy (non-hydrogen) atoms. The molecule has 7 rings (SSSR count). The number of nitrogens with zero attached hydrogens (tertiary/aromatic N) is 4. The lowest BCUT2D eigenvalue weighted by Gasteiger charge is -2.13. The first kappa shape index (κ1) is 29.6. The fraction of sp³-hybridized carbons (Fsp3) is 0. The molecule has 4 N–H and O–H groups in total. The Morgan fingerprint density at radius 1 is 0.458 bits per heavy atom. The Morgan fingerprint density at radius 3 is 1.62 bits per heavy atom. The topological polar surface area (TPSA) is 199 Å². The first-order chi connectivity index (χ1) is 23.1. The Balaban J connectivity index is 1.69. The molecule has 2 aromatic carbocycles. The fourth-order valence-corrected chi connectivity index (χ4v) is 5.88. The predicted molar refractivity (Wildman–Crippen MR) is 176 cm³/mol. The van der Waals surface area contributed by atoms with Gasteiger partial charge in [-0.15, -0.1) is 0 Å². The first-order valence-electron chi connectivity index (χ1n) is 14.3. The smallest absolute Gasteiger partial charge is 0.340 e. The van der Waals surface area contributed by atoms with E-state index in [4.69, 9.17) is 4.99 Å². The minimum Gasteiger partial charge on any atom is -0.478 e. The van der Waals surface area contributed by atoms with Crippen LogP contribution in [-0.2, 0) is 19.2 Å². The fourth-order valence-electron chi connectivity index (χ4n) is 5.88. The lowest BCUT2D eigenvalue weighted by atomic mass is 9.88. The molecular formula is C36H20N4O8. The van der Waals surface area contributed by atoms with Crippen LogP contribution in [0.3, 0.4) is 0 Å². The highest BCUT2D eigenvalue weighted by atomic mass is 16.4. The molecule has 0 unspecified atom stereocenters. The van der Waals surface area contributed by atoms with E-state index in [0.29, 0.717) is 39.4 Å². The van der Waals surface area contributed by atoms with E-state index in [9.17, 15) is 39.6 Å². The molecule has 0 aromatic heterocycles. The average molecular weight is 637 g/mol.